The van der Waals surface area contributed by atoms with Crippen molar-refractivity contribution < 1.29 is 14.2 Å². The Bertz CT molecular complexity index is 680. The van der Waals surface area contributed by atoms with Gasteiger partial charge in [-0.05, 0) is 37.1 Å². The average Bonchev–Trinajstić information content (AvgIpc) is 2.91. The van der Waals surface area contributed by atoms with Crippen LogP contribution in [0, 0.1) is 0 Å². The van der Waals surface area contributed by atoms with Crippen LogP contribution in [-0.4, -0.2) is 25.2 Å². The van der Waals surface area contributed by atoms with Crippen LogP contribution in [-0.2, 0) is 16.0 Å². The van der Waals surface area contributed by atoms with Crippen LogP contribution in [0.3, 0.4) is 0 Å². The third-order valence-electron chi connectivity index (χ3n) is 3.94. The zero-order chi connectivity index (χ0) is 17.0. The Hall–Kier alpha value is -2.17. The SMILES string of the molecule is COc1ccc([C@@H]2OC(C)(C)O[C@H]2C=NCc2ccccc2)cc1. The zero-order valence-corrected chi connectivity index (χ0v) is 14.3. The molecule has 3 rings (SSSR count). The first-order chi connectivity index (χ1) is 11.6. The molecule has 0 spiro atoms. The lowest BCUT2D eigenvalue weighted by Gasteiger charge is -2.17. The van der Waals surface area contributed by atoms with Crippen molar-refractivity contribution in [3.63, 3.8) is 0 Å². The van der Waals surface area contributed by atoms with E-state index >= 15 is 0 Å². The predicted octanol–water partition coefficient (Wildman–Crippen LogP) is 4.16. The summed E-state index contributed by atoms with van der Waals surface area (Å²) in [6, 6.07) is 18.0. The van der Waals surface area contributed by atoms with E-state index in [1.165, 1.54) is 5.56 Å². The Morgan fingerprint density at radius 2 is 1.75 bits per heavy atom. The molecule has 2 aromatic rings. The number of aliphatic imine (C=N–C) groups is 1. The first-order valence-electron chi connectivity index (χ1n) is 8.11. The van der Waals surface area contributed by atoms with Gasteiger partial charge in [-0.3, -0.25) is 4.99 Å². The monoisotopic (exact) mass is 325 g/mol. The molecule has 126 valence electrons. The predicted molar refractivity (Wildman–Crippen MR) is 94.4 cm³/mol. The fourth-order valence-corrected chi connectivity index (χ4v) is 2.80. The molecule has 0 bridgehead atoms. The molecular formula is C20H23NO3. The van der Waals surface area contributed by atoms with E-state index in [2.05, 4.69) is 17.1 Å². The maximum atomic E-state index is 6.07. The van der Waals surface area contributed by atoms with Gasteiger partial charge in [0.2, 0.25) is 0 Å². The minimum Gasteiger partial charge on any atom is -0.497 e. The highest BCUT2D eigenvalue weighted by molar-refractivity contribution is 5.65. The van der Waals surface area contributed by atoms with Crippen LogP contribution in [0.15, 0.2) is 59.6 Å². The lowest BCUT2D eigenvalue weighted by atomic mass is 10.1. The summed E-state index contributed by atoms with van der Waals surface area (Å²) >= 11 is 0. The molecule has 1 aliphatic rings. The molecule has 0 N–H and O–H groups in total. The Labute approximate surface area is 143 Å². The molecule has 0 unspecified atom stereocenters. The smallest absolute Gasteiger partial charge is 0.164 e. The van der Waals surface area contributed by atoms with Crippen molar-refractivity contribution in [1.29, 1.82) is 0 Å². The number of hydrogen-bond donors (Lipinski definition) is 0. The summed E-state index contributed by atoms with van der Waals surface area (Å²) in [5, 5.41) is 0. The van der Waals surface area contributed by atoms with Crippen LogP contribution in [0.25, 0.3) is 0 Å². The number of rotatable bonds is 5. The van der Waals surface area contributed by atoms with Crippen molar-refractivity contribution in [2.24, 2.45) is 4.99 Å². The van der Waals surface area contributed by atoms with Gasteiger partial charge in [0.15, 0.2) is 5.79 Å². The quantitative estimate of drug-likeness (QED) is 0.775. The molecule has 0 radical (unpaired) electrons. The minimum absolute atomic E-state index is 0.176. The topological polar surface area (TPSA) is 40.0 Å². The Kier molecular flexibility index (Phi) is 4.97. The van der Waals surface area contributed by atoms with Gasteiger partial charge in [-0.2, -0.15) is 0 Å². The zero-order valence-electron chi connectivity index (χ0n) is 14.3. The van der Waals surface area contributed by atoms with Gasteiger partial charge in [0.25, 0.3) is 0 Å². The van der Waals surface area contributed by atoms with Crippen LogP contribution in [0.2, 0.25) is 0 Å². The summed E-state index contributed by atoms with van der Waals surface area (Å²) < 4.78 is 17.3. The van der Waals surface area contributed by atoms with Crippen molar-refractivity contribution >= 4 is 6.21 Å². The number of nitrogens with zero attached hydrogens (tertiary/aromatic N) is 1. The summed E-state index contributed by atoms with van der Waals surface area (Å²) in [6.45, 7) is 4.49. The van der Waals surface area contributed by atoms with E-state index in [1.54, 1.807) is 7.11 Å². The second-order valence-electron chi connectivity index (χ2n) is 6.27. The Balaban J connectivity index is 1.73. The maximum absolute atomic E-state index is 6.07. The molecule has 1 aliphatic heterocycles. The average molecular weight is 325 g/mol. The summed E-state index contributed by atoms with van der Waals surface area (Å²) in [7, 11) is 1.66. The van der Waals surface area contributed by atoms with E-state index in [-0.39, 0.29) is 12.2 Å². The van der Waals surface area contributed by atoms with Gasteiger partial charge in [-0.15, -0.1) is 0 Å². The van der Waals surface area contributed by atoms with Gasteiger partial charge >= 0.3 is 0 Å². The van der Waals surface area contributed by atoms with Gasteiger partial charge in [0.05, 0.1) is 13.7 Å². The van der Waals surface area contributed by atoms with Crippen LogP contribution >= 0.6 is 0 Å². The lowest BCUT2D eigenvalue weighted by Crippen LogP contribution is -2.22. The standard InChI is InChI=1S/C20H23NO3/c1-20(2)23-18(14-21-13-15-7-5-4-6-8-15)19(24-20)16-9-11-17(22-3)12-10-16/h4-12,14,18-19H,13H2,1-3H3/t18-,19-/m0/s1. The first-order valence-corrected chi connectivity index (χ1v) is 8.11. The summed E-state index contributed by atoms with van der Waals surface area (Å²) in [5.74, 6) is 0.194. The van der Waals surface area contributed by atoms with Gasteiger partial charge in [0.1, 0.15) is 18.0 Å². The summed E-state index contributed by atoms with van der Waals surface area (Å²) in [6.07, 6.45) is 1.47. The second kappa shape index (κ2) is 7.16. The molecule has 1 saturated heterocycles. The third-order valence-corrected chi connectivity index (χ3v) is 3.94. The van der Waals surface area contributed by atoms with E-state index in [0.29, 0.717) is 6.54 Å². The summed E-state index contributed by atoms with van der Waals surface area (Å²) in [5.41, 5.74) is 2.23. The van der Waals surface area contributed by atoms with Gasteiger partial charge in [0, 0.05) is 6.21 Å². The van der Waals surface area contributed by atoms with E-state index in [0.717, 1.165) is 11.3 Å². The van der Waals surface area contributed by atoms with Crippen molar-refractivity contribution in [2.75, 3.05) is 7.11 Å². The van der Waals surface area contributed by atoms with Crippen molar-refractivity contribution in [3.05, 3.63) is 65.7 Å². The van der Waals surface area contributed by atoms with Crippen molar-refractivity contribution in [3.8, 4) is 5.75 Å². The van der Waals surface area contributed by atoms with Crippen molar-refractivity contribution in [1.82, 2.24) is 0 Å². The van der Waals surface area contributed by atoms with E-state index in [4.69, 9.17) is 14.2 Å². The highest BCUT2D eigenvalue weighted by atomic mass is 16.7. The molecule has 0 aromatic heterocycles. The third kappa shape index (κ3) is 4.02. The number of methoxy groups -OCH3 is 1. The molecule has 0 saturated carbocycles. The van der Waals surface area contributed by atoms with Crippen LogP contribution < -0.4 is 4.74 Å². The molecule has 1 heterocycles. The second-order valence-corrected chi connectivity index (χ2v) is 6.27. The fourth-order valence-electron chi connectivity index (χ4n) is 2.80. The molecule has 2 atom stereocenters. The lowest BCUT2D eigenvalue weighted by molar-refractivity contribution is -0.142. The molecule has 4 nitrogen and oxygen atoms in total. The Morgan fingerprint density at radius 3 is 2.42 bits per heavy atom. The maximum Gasteiger partial charge on any atom is 0.164 e. The van der Waals surface area contributed by atoms with E-state index in [9.17, 15) is 0 Å². The summed E-state index contributed by atoms with van der Waals surface area (Å²) in [4.78, 5) is 4.54. The largest absolute Gasteiger partial charge is 0.497 e. The van der Waals surface area contributed by atoms with Gasteiger partial charge in [-0.25, -0.2) is 0 Å². The number of ether oxygens (including phenoxy) is 3. The van der Waals surface area contributed by atoms with E-state index < -0.39 is 5.79 Å². The normalized spacial score (nSPS) is 22.8. The number of benzene rings is 2. The van der Waals surface area contributed by atoms with Crippen LogP contribution in [0.1, 0.15) is 31.1 Å². The highest BCUT2D eigenvalue weighted by Gasteiger charge is 2.41. The van der Waals surface area contributed by atoms with Gasteiger partial charge in [-0.1, -0.05) is 42.5 Å². The molecule has 24 heavy (non-hydrogen) atoms. The Morgan fingerprint density at radius 1 is 1.04 bits per heavy atom. The first kappa shape index (κ1) is 16.7. The molecule has 4 heteroatoms. The van der Waals surface area contributed by atoms with E-state index in [1.807, 2.05) is 62.5 Å². The van der Waals surface area contributed by atoms with Crippen LogP contribution in [0.4, 0.5) is 0 Å². The highest BCUT2D eigenvalue weighted by Crippen LogP contribution is 2.37. The fraction of sp³-hybridized carbons (Fsp3) is 0.350. The number of hydrogen-bond acceptors (Lipinski definition) is 4. The molecule has 0 amide bonds. The molecule has 2 aromatic carbocycles. The molecule has 0 aliphatic carbocycles. The van der Waals surface area contributed by atoms with Gasteiger partial charge < -0.3 is 14.2 Å². The van der Waals surface area contributed by atoms with Crippen molar-refractivity contribution in [2.45, 2.75) is 38.4 Å². The molecule has 1 fully saturated rings. The minimum atomic E-state index is -0.631. The molecular weight excluding hydrogens is 302 g/mol. The van der Waals surface area contributed by atoms with Crippen LogP contribution in [0.5, 0.6) is 5.75 Å².